The average Bonchev–Trinajstić information content (AvgIpc) is 2.31. The molecule has 2 rings (SSSR count). The van der Waals surface area contributed by atoms with Gasteiger partial charge in [0.25, 0.3) is 6.69 Å². The molecule has 1 aliphatic rings. The van der Waals surface area contributed by atoms with E-state index in [0.717, 1.165) is 0 Å². The Balaban J connectivity index is 2.19. The Hall–Kier alpha value is 0.0169. The topological polar surface area (TPSA) is 0 Å². The second kappa shape index (κ2) is 5.12. The van der Waals surface area contributed by atoms with Crippen molar-refractivity contribution in [3.63, 3.8) is 0 Å². The lowest BCUT2D eigenvalue weighted by Gasteiger charge is -2.31. The molecule has 1 aromatic carbocycles. The van der Waals surface area contributed by atoms with E-state index in [9.17, 15) is 0 Å². The molecule has 0 atom stereocenters. The van der Waals surface area contributed by atoms with Crippen LogP contribution in [0.5, 0.6) is 0 Å². The van der Waals surface area contributed by atoms with Crippen LogP contribution in [-0.4, -0.2) is 6.69 Å². The minimum absolute atomic E-state index is 0.548. The van der Waals surface area contributed by atoms with Gasteiger partial charge in [-0.05, 0) is 17.7 Å². The zero-order valence-electron chi connectivity index (χ0n) is 9.68. The molecule has 0 spiro atoms. The summed E-state index contributed by atoms with van der Waals surface area (Å²) >= 11 is 13.4. The van der Waals surface area contributed by atoms with Gasteiger partial charge in [-0.15, -0.1) is 22.2 Å². The summed E-state index contributed by atoms with van der Waals surface area (Å²) in [5.41, 5.74) is 1.82. The van der Waals surface area contributed by atoms with E-state index in [1.165, 1.54) is 42.9 Å². The lowest BCUT2D eigenvalue weighted by molar-refractivity contribution is 0.499. The van der Waals surface area contributed by atoms with Gasteiger partial charge in [-0.2, -0.15) is 0 Å². The summed E-state index contributed by atoms with van der Waals surface area (Å²) in [5.74, 6) is 0. The predicted octanol–water partition coefficient (Wildman–Crippen LogP) is 4.46. The first kappa shape index (κ1) is 12.5. The van der Waals surface area contributed by atoms with Crippen LogP contribution in [0.15, 0.2) is 24.3 Å². The molecular weight excluding hydrogens is 255 g/mol. The molecule has 1 aliphatic carbocycles. The normalized spacial score (nSPS) is 18.7. The second-order valence-electron chi connectivity index (χ2n) is 4.82. The van der Waals surface area contributed by atoms with Gasteiger partial charge in [-0.3, -0.25) is 0 Å². The fraction of sp³-hybridized carbons (Fsp3) is 0.538. The minimum atomic E-state index is -2.26. The number of aryl methyl sites for hydroxylation is 1. The van der Waals surface area contributed by atoms with Gasteiger partial charge in [-0.25, -0.2) is 0 Å². The van der Waals surface area contributed by atoms with Crippen molar-refractivity contribution < 1.29 is 0 Å². The van der Waals surface area contributed by atoms with Gasteiger partial charge in [-0.1, -0.05) is 61.9 Å². The van der Waals surface area contributed by atoms with E-state index in [4.69, 9.17) is 22.2 Å². The largest absolute Gasteiger partial charge is 0.283 e. The van der Waals surface area contributed by atoms with Crippen molar-refractivity contribution in [3.05, 3.63) is 29.8 Å². The zero-order chi connectivity index (χ0) is 11.6. The van der Waals surface area contributed by atoms with Crippen LogP contribution in [0.25, 0.3) is 0 Å². The third kappa shape index (κ3) is 2.64. The molecule has 0 aliphatic heterocycles. The van der Waals surface area contributed by atoms with E-state index in [0.29, 0.717) is 5.54 Å². The molecule has 1 saturated carbocycles. The van der Waals surface area contributed by atoms with Crippen LogP contribution in [0, 0.1) is 6.92 Å². The molecule has 0 amide bonds. The third-order valence-electron chi connectivity index (χ3n) is 3.55. The quantitative estimate of drug-likeness (QED) is 0.551. The first-order valence-electron chi connectivity index (χ1n) is 6.05. The molecule has 3 heteroatoms. The van der Waals surface area contributed by atoms with Crippen molar-refractivity contribution in [2.75, 3.05) is 0 Å². The summed E-state index contributed by atoms with van der Waals surface area (Å²) in [5, 5.41) is 1.19. The number of rotatable bonds is 2. The maximum absolute atomic E-state index is 6.70. The summed E-state index contributed by atoms with van der Waals surface area (Å²) in [6.07, 6.45) is 6.37. The van der Waals surface area contributed by atoms with E-state index >= 15 is 0 Å². The molecule has 1 fully saturated rings. The van der Waals surface area contributed by atoms with E-state index in [1.54, 1.807) is 0 Å². The number of halogens is 2. The highest BCUT2D eigenvalue weighted by atomic mass is 35.7. The fourth-order valence-electron chi connectivity index (χ4n) is 2.48. The van der Waals surface area contributed by atoms with Crippen LogP contribution in [0.1, 0.15) is 37.7 Å². The van der Waals surface area contributed by atoms with Crippen LogP contribution in [0.4, 0.5) is 0 Å². The Labute approximate surface area is 108 Å². The van der Waals surface area contributed by atoms with Crippen molar-refractivity contribution in [2.24, 2.45) is 0 Å². The van der Waals surface area contributed by atoms with Gasteiger partial charge in [0.2, 0.25) is 0 Å². The standard InChI is InChI=1S/C13H18Cl2Si/c1-11-7-9-13(10-8-11)16(14,15)12-5-3-2-4-6-12/h7-10,12H,2-6H2,1H3. The van der Waals surface area contributed by atoms with Crippen molar-refractivity contribution >= 4 is 34.0 Å². The summed E-state index contributed by atoms with van der Waals surface area (Å²) in [6, 6.07) is 8.47. The number of benzene rings is 1. The fourth-order valence-corrected chi connectivity index (χ4v) is 6.76. The Bertz CT molecular complexity index is 339. The molecule has 16 heavy (non-hydrogen) atoms. The molecule has 0 bridgehead atoms. The van der Waals surface area contributed by atoms with E-state index in [1.807, 2.05) is 0 Å². The van der Waals surface area contributed by atoms with Crippen LogP contribution in [-0.2, 0) is 0 Å². The summed E-state index contributed by atoms with van der Waals surface area (Å²) in [6.45, 7) is -0.164. The highest BCUT2D eigenvalue weighted by Gasteiger charge is 2.40. The lowest BCUT2D eigenvalue weighted by Crippen LogP contribution is -2.42. The molecular formula is C13H18Cl2Si. The van der Waals surface area contributed by atoms with Gasteiger partial charge < -0.3 is 0 Å². The molecule has 0 aromatic heterocycles. The highest BCUT2D eigenvalue weighted by Crippen LogP contribution is 2.41. The monoisotopic (exact) mass is 272 g/mol. The molecule has 0 saturated heterocycles. The van der Waals surface area contributed by atoms with Crippen molar-refractivity contribution in [1.29, 1.82) is 0 Å². The van der Waals surface area contributed by atoms with Gasteiger partial charge >= 0.3 is 0 Å². The molecule has 88 valence electrons. The average molecular weight is 273 g/mol. The molecule has 0 nitrogen and oxygen atoms in total. The molecule has 0 unspecified atom stereocenters. The first-order valence-corrected chi connectivity index (χ1v) is 10.2. The minimum Gasteiger partial charge on any atom is -0.139 e. The van der Waals surface area contributed by atoms with Crippen LogP contribution < -0.4 is 5.19 Å². The third-order valence-corrected chi connectivity index (χ3v) is 9.42. The van der Waals surface area contributed by atoms with Crippen LogP contribution >= 0.6 is 22.2 Å². The van der Waals surface area contributed by atoms with E-state index in [-0.39, 0.29) is 0 Å². The van der Waals surface area contributed by atoms with E-state index in [2.05, 4.69) is 31.2 Å². The Kier molecular flexibility index (Phi) is 3.99. The number of hydrogen-bond acceptors (Lipinski definition) is 0. The second-order valence-corrected chi connectivity index (χ2v) is 11.6. The van der Waals surface area contributed by atoms with Gasteiger partial charge in [0, 0.05) is 0 Å². The zero-order valence-corrected chi connectivity index (χ0v) is 12.2. The lowest BCUT2D eigenvalue weighted by atomic mass is 10.0. The smallest absolute Gasteiger partial charge is 0.139 e. The Morgan fingerprint density at radius 1 is 1.00 bits per heavy atom. The molecule has 0 radical (unpaired) electrons. The maximum atomic E-state index is 6.70. The molecule has 0 heterocycles. The van der Waals surface area contributed by atoms with Crippen molar-refractivity contribution in [1.82, 2.24) is 0 Å². The van der Waals surface area contributed by atoms with Crippen molar-refractivity contribution in [2.45, 2.75) is 44.6 Å². The van der Waals surface area contributed by atoms with Crippen LogP contribution in [0.3, 0.4) is 0 Å². The Morgan fingerprint density at radius 2 is 1.56 bits per heavy atom. The van der Waals surface area contributed by atoms with Gasteiger partial charge in [0.05, 0.1) is 0 Å². The van der Waals surface area contributed by atoms with Crippen molar-refractivity contribution in [3.8, 4) is 0 Å². The molecule has 0 N–H and O–H groups in total. The Morgan fingerprint density at radius 3 is 2.12 bits per heavy atom. The first-order chi connectivity index (χ1) is 7.60. The summed E-state index contributed by atoms with van der Waals surface area (Å²) < 4.78 is 0. The predicted molar refractivity (Wildman–Crippen MR) is 75.1 cm³/mol. The SMILES string of the molecule is Cc1ccc([Si](Cl)(Cl)C2CCCCC2)cc1. The molecule has 1 aromatic rings. The van der Waals surface area contributed by atoms with Gasteiger partial charge in [0.15, 0.2) is 0 Å². The van der Waals surface area contributed by atoms with Gasteiger partial charge in [0.1, 0.15) is 0 Å². The maximum Gasteiger partial charge on any atom is 0.283 e. The summed E-state index contributed by atoms with van der Waals surface area (Å²) in [7, 11) is 0. The van der Waals surface area contributed by atoms with Crippen LogP contribution in [0.2, 0.25) is 5.54 Å². The number of hydrogen-bond donors (Lipinski definition) is 0. The van der Waals surface area contributed by atoms with E-state index < -0.39 is 6.69 Å². The highest BCUT2D eigenvalue weighted by molar-refractivity contribution is 7.51. The summed E-state index contributed by atoms with van der Waals surface area (Å²) in [4.78, 5) is 0.